The molecule has 0 saturated carbocycles. The molecule has 5 heteroatoms. The fourth-order valence-corrected chi connectivity index (χ4v) is 4.28. The molecule has 0 radical (unpaired) electrons. The van der Waals surface area contributed by atoms with Crippen molar-refractivity contribution in [2.24, 2.45) is 0 Å². The number of benzene rings is 1. The van der Waals surface area contributed by atoms with Gasteiger partial charge in [-0.1, -0.05) is 22.0 Å². The molecule has 0 spiro atoms. The predicted octanol–water partition coefficient (Wildman–Crippen LogP) is 1.84. The first-order valence-electron chi connectivity index (χ1n) is 4.51. The van der Waals surface area contributed by atoms with Crippen LogP contribution in [0.1, 0.15) is 5.56 Å². The van der Waals surface area contributed by atoms with Gasteiger partial charge >= 0.3 is 8.80 Å². The smallest absolute Gasteiger partial charge is 0.373 e. The van der Waals surface area contributed by atoms with Crippen LogP contribution in [0.25, 0.3) is 0 Å². The Kier molecular flexibility index (Phi) is 4.48. The summed E-state index contributed by atoms with van der Waals surface area (Å²) in [6, 6.07) is 6.02. The first kappa shape index (κ1) is 12.9. The van der Waals surface area contributed by atoms with Crippen LogP contribution in [-0.2, 0) is 13.3 Å². The molecule has 0 atom stereocenters. The molecule has 15 heavy (non-hydrogen) atoms. The summed E-state index contributed by atoms with van der Waals surface area (Å²) in [5, 5.41) is 0.960. The van der Waals surface area contributed by atoms with Crippen LogP contribution in [0.5, 0.6) is 0 Å². The van der Waals surface area contributed by atoms with Crippen LogP contribution in [0.4, 0.5) is 0 Å². The summed E-state index contributed by atoms with van der Waals surface area (Å²) in [6.45, 7) is 2.02. The van der Waals surface area contributed by atoms with Gasteiger partial charge in [0.25, 0.3) is 0 Å². The lowest BCUT2D eigenvalue weighted by molar-refractivity contribution is 0.140. The average molecular weight is 291 g/mol. The van der Waals surface area contributed by atoms with Crippen molar-refractivity contribution in [1.29, 1.82) is 0 Å². The van der Waals surface area contributed by atoms with Crippen molar-refractivity contribution in [1.82, 2.24) is 0 Å². The summed E-state index contributed by atoms with van der Waals surface area (Å²) < 4.78 is 17.2. The summed E-state index contributed by atoms with van der Waals surface area (Å²) >= 11 is 3.45. The number of halogens is 1. The van der Waals surface area contributed by atoms with Gasteiger partial charge in [0.15, 0.2) is 0 Å². The Morgan fingerprint density at radius 2 is 1.53 bits per heavy atom. The Labute approximate surface area is 99.9 Å². The van der Waals surface area contributed by atoms with Crippen molar-refractivity contribution in [3.05, 3.63) is 28.2 Å². The lowest BCUT2D eigenvalue weighted by atomic mass is 10.2. The number of aryl methyl sites for hydroxylation is 1. The monoisotopic (exact) mass is 290 g/mol. The van der Waals surface area contributed by atoms with Gasteiger partial charge in [0.2, 0.25) is 0 Å². The maximum absolute atomic E-state index is 5.41. The second-order valence-corrected chi connectivity index (χ2v) is 7.02. The van der Waals surface area contributed by atoms with E-state index in [2.05, 4.69) is 15.9 Å². The third-order valence-corrected chi connectivity index (χ3v) is 5.27. The van der Waals surface area contributed by atoms with E-state index in [1.807, 2.05) is 25.1 Å². The summed E-state index contributed by atoms with van der Waals surface area (Å²) in [5.41, 5.74) is 1.14. The van der Waals surface area contributed by atoms with E-state index in [4.69, 9.17) is 13.3 Å². The van der Waals surface area contributed by atoms with Gasteiger partial charge in [-0.05, 0) is 24.6 Å². The molecule has 0 aromatic heterocycles. The van der Waals surface area contributed by atoms with Crippen LogP contribution in [0.3, 0.4) is 0 Å². The molecule has 0 N–H and O–H groups in total. The van der Waals surface area contributed by atoms with Crippen molar-refractivity contribution in [3.8, 4) is 0 Å². The molecule has 0 fully saturated rings. The van der Waals surface area contributed by atoms with E-state index in [0.717, 1.165) is 15.2 Å². The molecule has 1 aromatic rings. The van der Waals surface area contributed by atoms with Crippen LogP contribution in [-0.4, -0.2) is 30.1 Å². The summed E-state index contributed by atoms with van der Waals surface area (Å²) in [7, 11) is 2.13. The minimum Gasteiger partial charge on any atom is -0.373 e. The van der Waals surface area contributed by atoms with Crippen LogP contribution >= 0.6 is 15.9 Å². The van der Waals surface area contributed by atoms with E-state index in [-0.39, 0.29) is 0 Å². The van der Waals surface area contributed by atoms with Gasteiger partial charge in [-0.15, -0.1) is 0 Å². The Bertz CT molecular complexity index is 311. The second-order valence-electron chi connectivity index (χ2n) is 3.19. The first-order valence-corrected chi connectivity index (χ1v) is 7.03. The Morgan fingerprint density at radius 3 is 1.93 bits per heavy atom. The zero-order valence-corrected chi connectivity index (χ0v) is 11.9. The minimum atomic E-state index is -2.69. The van der Waals surface area contributed by atoms with Crippen molar-refractivity contribution in [3.63, 3.8) is 0 Å². The molecular formula is C10H15BrO3Si. The largest absolute Gasteiger partial charge is 0.536 e. The van der Waals surface area contributed by atoms with Gasteiger partial charge in [-0.25, -0.2) is 0 Å². The molecule has 0 saturated heterocycles. The first-order chi connectivity index (χ1) is 7.07. The normalized spacial score (nSPS) is 11.8. The summed E-state index contributed by atoms with van der Waals surface area (Å²) in [5.74, 6) is 0. The zero-order valence-electron chi connectivity index (χ0n) is 9.33. The summed E-state index contributed by atoms with van der Waals surface area (Å²) in [4.78, 5) is 0. The van der Waals surface area contributed by atoms with E-state index < -0.39 is 8.80 Å². The molecule has 0 aliphatic heterocycles. The highest BCUT2D eigenvalue weighted by molar-refractivity contribution is 9.10. The molecule has 0 unspecified atom stereocenters. The minimum absolute atomic E-state index is 0.960. The molecule has 0 bridgehead atoms. The van der Waals surface area contributed by atoms with Crippen molar-refractivity contribution in [2.75, 3.05) is 21.3 Å². The van der Waals surface area contributed by atoms with Crippen LogP contribution < -0.4 is 5.19 Å². The van der Waals surface area contributed by atoms with Gasteiger partial charge in [-0.3, -0.25) is 0 Å². The molecule has 0 amide bonds. The maximum atomic E-state index is 5.41. The summed E-state index contributed by atoms with van der Waals surface area (Å²) in [6.07, 6.45) is 0. The molecule has 3 nitrogen and oxygen atoms in total. The topological polar surface area (TPSA) is 27.7 Å². The quantitative estimate of drug-likeness (QED) is 0.792. The molecule has 1 aromatic carbocycles. The van der Waals surface area contributed by atoms with E-state index >= 15 is 0 Å². The van der Waals surface area contributed by atoms with Gasteiger partial charge in [0, 0.05) is 31.0 Å². The number of hydrogen-bond acceptors (Lipinski definition) is 3. The highest BCUT2D eigenvalue weighted by atomic mass is 79.9. The van der Waals surface area contributed by atoms with E-state index in [0.29, 0.717) is 0 Å². The van der Waals surface area contributed by atoms with E-state index in [1.165, 1.54) is 0 Å². The van der Waals surface area contributed by atoms with Crippen LogP contribution in [0.15, 0.2) is 22.7 Å². The number of hydrogen-bond donors (Lipinski definition) is 0. The molecule has 1 rings (SSSR count). The lowest BCUT2D eigenvalue weighted by Gasteiger charge is -2.24. The molecular weight excluding hydrogens is 276 g/mol. The maximum Gasteiger partial charge on any atom is 0.536 e. The molecule has 0 aliphatic rings. The van der Waals surface area contributed by atoms with Gasteiger partial charge in [-0.2, -0.15) is 0 Å². The fraction of sp³-hybridized carbons (Fsp3) is 0.400. The Hall–Kier alpha value is -0.203. The third-order valence-electron chi connectivity index (χ3n) is 2.20. The van der Waals surface area contributed by atoms with Crippen LogP contribution in [0.2, 0.25) is 0 Å². The SMILES string of the molecule is CO[Si](OC)(OC)c1cc(C)cc(Br)c1. The van der Waals surface area contributed by atoms with Crippen molar-refractivity contribution in [2.45, 2.75) is 6.92 Å². The van der Waals surface area contributed by atoms with Crippen molar-refractivity contribution >= 4 is 29.9 Å². The Morgan fingerprint density at radius 1 is 1.00 bits per heavy atom. The van der Waals surface area contributed by atoms with Gasteiger partial charge < -0.3 is 13.3 Å². The molecule has 84 valence electrons. The fourth-order valence-electron chi connectivity index (χ4n) is 1.52. The highest BCUT2D eigenvalue weighted by Gasteiger charge is 2.40. The number of rotatable bonds is 4. The third kappa shape index (κ3) is 2.67. The highest BCUT2D eigenvalue weighted by Crippen LogP contribution is 2.14. The standard InChI is InChI=1S/C10H15BrO3Si/c1-8-5-9(11)7-10(6-8)15(12-2,13-3)14-4/h5-7H,1-4H3. The second kappa shape index (κ2) is 5.22. The van der Waals surface area contributed by atoms with E-state index in [1.54, 1.807) is 21.3 Å². The zero-order chi connectivity index (χ0) is 11.5. The predicted molar refractivity (Wildman–Crippen MR) is 65.3 cm³/mol. The van der Waals surface area contributed by atoms with E-state index in [9.17, 15) is 0 Å². The molecule has 0 heterocycles. The Balaban J connectivity index is 3.22. The molecule has 0 aliphatic carbocycles. The lowest BCUT2D eigenvalue weighted by Crippen LogP contribution is -2.54. The average Bonchev–Trinajstić information content (AvgIpc) is 2.20. The van der Waals surface area contributed by atoms with Gasteiger partial charge in [0.1, 0.15) is 0 Å². The van der Waals surface area contributed by atoms with Gasteiger partial charge in [0.05, 0.1) is 0 Å². The van der Waals surface area contributed by atoms with Crippen molar-refractivity contribution < 1.29 is 13.3 Å². The van der Waals surface area contributed by atoms with Crippen LogP contribution in [0, 0.1) is 6.92 Å².